The maximum absolute atomic E-state index is 5.79. The van der Waals surface area contributed by atoms with E-state index in [0.29, 0.717) is 19.0 Å². The van der Waals surface area contributed by atoms with E-state index in [-0.39, 0.29) is 6.10 Å². The van der Waals surface area contributed by atoms with E-state index in [1.54, 1.807) is 0 Å². The molecule has 0 atom stereocenters. The molecule has 0 saturated heterocycles. The highest BCUT2D eigenvalue weighted by Crippen LogP contribution is 2.27. The Balaban J connectivity index is 1.42. The number of nitrogens with zero attached hydrogens (tertiary/aromatic N) is 7. The molecule has 5 heterocycles. The summed E-state index contributed by atoms with van der Waals surface area (Å²) >= 11 is 0. The molecule has 2 aliphatic heterocycles. The van der Waals surface area contributed by atoms with Gasteiger partial charge in [-0.05, 0) is 26.0 Å². The van der Waals surface area contributed by atoms with E-state index in [9.17, 15) is 0 Å². The number of aryl methyl sites for hydroxylation is 1. The van der Waals surface area contributed by atoms with Gasteiger partial charge in [-0.1, -0.05) is 6.92 Å². The van der Waals surface area contributed by atoms with Gasteiger partial charge in [-0.2, -0.15) is 0 Å². The zero-order chi connectivity index (χ0) is 20.7. The minimum absolute atomic E-state index is 0.0826. The fourth-order valence-electron chi connectivity index (χ4n) is 4.03. The molecular formula is C22H25N7O. The average Bonchev–Trinajstić information content (AvgIpc) is 3.36. The SMILES string of the molecule is CCc1nnc2n1CCN(c1cc(C3=NCc4cnc(OC(C)C)cc43)ccn1)C2. The summed E-state index contributed by atoms with van der Waals surface area (Å²) in [6.45, 7) is 9.23. The van der Waals surface area contributed by atoms with Crippen LogP contribution in [0.1, 0.15) is 49.1 Å². The van der Waals surface area contributed by atoms with E-state index in [1.165, 1.54) is 0 Å². The van der Waals surface area contributed by atoms with E-state index in [4.69, 9.17) is 9.73 Å². The molecule has 30 heavy (non-hydrogen) atoms. The van der Waals surface area contributed by atoms with Crippen molar-refractivity contribution in [1.29, 1.82) is 0 Å². The number of aromatic nitrogens is 5. The van der Waals surface area contributed by atoms with Crippen molar-refractivity contribution in [2.45, 2.75) is 52.9 Å². The lowest BCUT2D eigenvalue weighted by Gasteiger charge is -2.29. The predicted octanol–water partition coefficient (Wildman–Crippen LogP) is 2.79. The summed E-state index contributed by atoms with van der Waals surface area (Å²) < 4.78 is 8.01. The normalized spacial score (nSPS) is 15.2. The van der Waals surface area contributed by atoms with Crippen molar-refractivity contribution >= 4 is 11.5 Å². The predicted molar refractivity (Wildman–Crippen MR) is 114 cm³/mol. The highest BCUT2D eigenvalue weighted by Gasteiger charge is 2.24. The highest BCUT2D eigenvalue weighted by molar-refractivity contribution is 6.15. The van der Waals surface area contributed by atoms with Gasteiger partial charge < -0.3 is 14.2 Å². The van der Waals surface area contributed by atoms with Gasteiger partial charge in [0.15, 0.2) is 5.82 Å². The first-order chi connectivity index (χ1) is 14.6. The number of ether oxygens (including phenoxy) is 1. The van der Waals surface area contributed by atoms with Gasteiger partial charge in [-0.15, -0.1) is 10.2 Å². The molecule has 0 unspecified atom stereocenters. The Morgan fingerprint density at radius 3 is 2.87 bits per heavy atom. The van der Waals surface area contributed by atoms with E-state index in [1.807, 2.05) is 38.4 Å². The minimum atomic E-state index is 0.0826. The molecule has 8 heteroatoms. The molecule has 0 aliphatic carbocycles. The maximum Gasteiger partial charge on any atom is 0.214 e. The number of hydrogen-bond donors (Lipinski definition) is 0. The van der Waals surface area contributed by atoms with Crippen LogP contribution in [0.3, 0.4) is 0 Å². The largest absolute Gasteiger partial charge is 0.475 e. The van der Waals surface area contributed by atoms with E-state index in [2.05, 4.69) is 42.6 Å². The minimum Gasteiger partial charge on any atom is -0.475 e. The summed E-state index contributed by atoms with van der Waals surface area (Å²) in [5.74, 6) is 3.62. The number of rotatable bonds is 5. The zero-order valence-electron chi connectivity index (χ0n) is 17.5. The third-order valence-electron chi connectivity index (χ3n) is 5.47. The van der Waals surface area contributed by atoms with Crippen LogP contribution in [0.4, 0.5) is 5.82 Å². The van der Waals surface area contributed by atoms with Crippen molar-refractivity contribution in [3.05, 3.63) is 58.9 Å². The van der Waals surface area contributed by atoms with Crippen LogP contribution in [0.5, 0.6) is 5.88 Å². The standard InChI is InChI=1S/C22H25N7O/c1-4-18-26-27-20-13-28(7-8-29(18)20)19-9-15(5-6-23-19)22-17-10-21(30-14(2)3)24-11-16(17)12-25-22/h5-6,9-11,14H,4,7-8,12-13H2,1-3H3. The van der Waals surface area contributed by atoms with Crippen molar-refractivity contribution in [3.63, 3.8) is 0 Å². The molecule has 3 aromatic rings. The van der Waals surface area contributed by atoms with Crippen LogP contribution in [0.25, 0.3) is 0 Å². The van der Waals surface area contributed by atoms with E-state index < -0.39 is 0 Å². The van der Waals surface area contributed by atoms with Crippen LogP contribution in [-0.2, 0) is 26.1 Å². The third-order valence-corrected chi connectivity index (χ3v) is 5.47. The second kappa shape index (κ2) is 7.51. The lowest BCUT2D eigenvalue weighted by atomic mass is 10.0. The molecule has 0 amide bonds. The van der Waals surface area contributed by atoms with Gasteiger partial charge in [0.05, 0.1) is 24.9 Å². The quantitative estimate of drug-likeness (QED) is 0.652. The van der Waals surface area contributed by atoms with Crippen LogP contribution in [-0.4, -0.2) is 43.1 Å². The monoisotopic (exact) mass is 403 g/mol. The van der Waals surface area contributed by atoms with E-state index >= 15 is 0 Å². The van der Waals surface area contributed by atoms with Gasteiger partial charge in [0.1, 0.15) is 11.6 Å². The Morgan fingerprint density at radius 1 is 1.13 bits per heavy atom. The number of hydrogen-bond acceptors (Lipinski definition) is 7. The summed E-state index contributed by atoms with van der Waals surface area (Å²) in [5.41, 5.74) is 4.24. The summed E-state index contributed by atoms with van der Waals surface area (Å²) in [4.78, 5) is 16.1. The lowest BCUT2D eigenvalue weighted by Crippen LogP contribution is -2.35. The summed E-state index contributed by atoms with van der Waals surface area (Å²) in [5, 5.41) is 8.67. The Bertz CT molecular complexity index is 1120. The fourth-order valence-corrected chi connectivity index (χ4v) is 4.03. The molecule has 5 rings (SSSR count). The van der Waals surface area contributed by atoms with Crippen LogP contribution in [0.2, 0.25) is 0 Å². The lowest BCUT2D eigenvalue weighted by molar-refractivity contribution is 0.232. The van der Waals surface area contributed by atoms with Crippen LogP contribution in [0, 0.1) is 0 Å². The third kappa shape index (κ3) is 3.32. The van der Waals surface area contributed by atoms with Gasteiger partial charge in [-0.25, -0.2) is 9.97 Å². The molecule has 0 N–H and O–H groups in total. The second-order valence-electron chi connectivity index (χ2n) is 7.87. The highest BCUT2D eigenvalue weighted by atomic mass is 16.5. The average molecular weight is 403 g/mol. The molecule has 154 valence electrons. The van der Waals surface area contributed by atoms with Crippen LogP contribution < -0.4 is 9.64 Å². The van der Waals surface area contributed by atoms with Crippen LogP contribution >= 0.6 is 0 Å². The molecule has 0 spiro atoms. The Hall–Kier alpha value is -3.29. The molecule has 2 aliphatic rings. The van der Waals surface area contributed by atoms with Gasteiger partial charge in [0.2, 0.25) is 5.88 Å². The van der Waals surface area contributed by atoms with E-state index in [0.717, 1.165) is 59.4 Å². The molecule has 0 fully saturated rings. The number of fused-ring (bicyclic) bond motifs is 2. The molecular weight excluding hydrogens is 378 g/mol. The van der Waals surface area contributed by atoms with Crippen molar-refractivity contribution in [2.24, 2.45) is 4.99 Å². The summed E-state index contributed by atoms with van der Waals surface area (Å²) in [6.07, 6.45) is 4.71. The van der Waals surface area contributed by atoms with Gasteiger partial charge in [0.25, 0.3) is 0 Å². The molecule has 0 bridgehead atoms. The van der Waals surface area contributed by atoms with Gasteiger partial charge >= 0.3 is 0 Å². The molecule has 3 aromatic heterocycles. The van der Waals surface area contributed by atoms with Crippen molar-refractivity contribution in [1.82, 2.24) is 24.7 Å². The zero-order valence-corrected chi connectivity index (χ0v) is 17.5. The first kappa shape index (κ1) is 18.7. The van der Waals surface area contributed by atoms with Gasteiger partial charge in [-0.3, -0.25) is 4.99 Å². The number of aliphatic imine (C=N–C) groups is 1. The second-order valence-corrected chi connectivity index (χ2v) is 7.87. The molecule has 8 nitrogen and oxygen atoms in total. The fraction of sp³-hybridized carbons (Fsp3) is 0.409. The van der Waals surface area contributed by atoms with Gasteiger partial charge in [0, 0.05) is 54.7 Å². The first-order valence-electron chi connectivity index (χ1n) is 10.4. The molecule has 0 radical (unpaired) electrons. The number of anilines is 1. The molecule has 0 aromatic carbocycles. The topological polar surface area (TPSA) is 81.3 Å². The van der Waals surface area contributed by atoms with Crippen molar-refractivity contribution in [2.75, 3.05) is 11.4 Å². The maximum atomic E-state index is 5.79. The first-order valence-corrected chi connectivity index (χ1v) is 10.4. The van der Waals surface area contributed by atoms with Crippen molar-refractivity contribution < 1.29 is 4.74 Å². The van der Waals surface area contributed by atoms with Crippen LogP contribution in [0.15, 0.2) is 35.6 Å². The number of pyridine rings is 2. The smallest absolute Gasteiger partial charge is 0.214 e. The summed E-state index contributed by atoms with van der Waals surface area (Å²) in [7, 11) is 0. The molecule has 0 saturated carbocycles. The Kier molecular flexibility index (Phi) is 4.69. The van der Waals surface area contributed by atoms with Crippen molar-refractivity contribution in [3.8, 4) is 5.88 Å². The Morgan fingerprint density at radius 2 is 2.03 bits per heavy atom. The Labute approximate surface area is 175 Å². The summed E-state index contributed by atoms with van der Waals surface area (Å²) in [6, 6.07) is 6.13.